The molecular weight excluding hydrogens is 372 g/mol. The lowest BCUT2D eigenvalue weighted by Crippen LogP contribution is -2.48. The first-order chi connectivity index (χ1) is 13.5. The van der Waals surface area contributed by atoms with Crippen molar-refractivity contribution in [3.63, 3.8) is 0 Å². The summed E-state index contributed by atoms with van der Waals surface area (Å²) in [5.74, 6) is 0.00385. The van der Waals surface area contributed by atoms with Crippen LogP contribution in [0.5, 0.6) is 0 Å². The number of hydrogen-bond acceptors (Lipinski definition) is 4. The van der Waals surface area contributed by atoms with Gasteiger partial charge in [-0.1, -0.05) is 48.0 Å². The molecule has 0 aromatic heterocycles. The fourth-order valence-electron chi connectivity index (χ4n) is 3.14. The fourth-order valence-corrected chi connectivity index (χ4v) is 4.03. The van der Waals surface area contributed by atoms with Gasteiger partial charge in [0.2, 0.25) is 0 Å². The maximum atomic E-state index is 12.8. The van der Waals surface area contributed by atoms with E-state index in [1.54, 1.807) is 30.5 Å². The van der Waals surface area contributed by atoms with Crippen LogP contribution in [0.4, 0.5) is 4.79 Å². The number of esters is 1. The highest BCUT2D eigenvalue weighted by atomic mass is 32.2. The summed E-state index contributed by atoms with van der Waals surface area (Å²) in [6.45, 7) is 5.84. The van der Waals surface area contributed by atoms with Gasteiger partial charge in [-0.3, -0.25) is 0 Å². The second-order valence-electron chi connectivity index (χ2n) is 6.56. The van der Waals surface area contributed by atoms with Gasteiger partial charge in [0.05, 0.1) is 24.1 Å². The number of allylic oxidation sites excluding steroid dienone is 1. The van der Waals surface area contributed by atoms with Gasteiger partial charge in [-0.05, 0) is 38.5 Å². The Kier molecular flexibility index (Phi) is 6.41. The molecule has 1 N–H and O–H groups in total. The number of hydrogen-bond donors (Lipinski definition) is 1. The van der Waals surface area contributed by atoms with E-state index in [4.69, 9.17) is 4.74 Å². The summed E-state index contributed by atoms with van der Waals surface area (Å²) in [5.41, 5.74) is 3.07. The minimum atomic E-state index is -0.494. The van der Waals surface area contributed by atoms with Gasteiger partial charge in [-0.2, -0.15) is 0 Å². The van der Waals surface area contributed by atoms with Crippen molar-refractivity contribution >= 4 is 23.8 Å². The predicted molar refractivity (Wildman–Crippen MR) is 111 cm³/mol. The molecule has 1 aliphatic rings. The molecule has 1 aliphatic heterocycles. The van der Waals surface area contributed by atoms with E-state index < -0.39 is 12.0 Å². The van der Waals surface area contributed by atoms with Crippen LogP contribution in [-0.2, 0) is 9.53 Å². The van der Waals surface area contributed by atoms with Crippen LogP contribution in [0.25, 0.3) is 0 Å². The number of urea groups is 1. The quantitative estimate of drug-likeness (QED) is 0.570. The van der Waals surface area contributed by atoms with E-state index in [1.165, 1.54) is 5.56 Å². The molecular formula is C22H24N2O3S. The minimum Gasteiger partial charge on any atom is -0.463 e. The Labute approximate surface area is 169 Å². The zero-order chi connectivity index (χ0) is 20.1. The summed E-state index contributed by atoms with van der Waals surface area (Å²) in [5, 5.41) is 2.82. The molecule has 2 amide bonds. The number of thioether (sulfide) groups is 1. The van der Waals surface area contributed by atoms with E-state index >= 15 is 0 Å². The first-order valence-electron chi connectivity index (χ1n) is 9.21. The number of carbonyl (C=O) groups excluding carboxylic acids is 2. The Hall–Kier alpha value is -2.73. The summed E-state index contributed by atoms with van der Waals surface area (Å²) < 4.78 is 5.28. The topological polar surface area (TPSA) is 58.6 Å². The number of rotatable bonds is 6. The zero-order valence-corrected chi connectivity index (χ0v) is 17.1. The molecule has 6 heteroatoms. The van der Waals surface area contributed by atoms with E-state index in [9.17, 15) is 9.59 Å². The average molecular weight is 397 g/mol. The van der Waals surface area contributed by atoms with Gasteiger partial charge in [0.1, 0.15) is 0 Å². The summed E-state index contributed by atoms with van der Waals surface area (Å²) >= 11 is 1.56. The predicted octanol–water partition coefficient (Wildman–Crippen LogP) is 4.65. The molecule has 2 aromatic rings. The van der Waals surface area contributed by atoms with Gasteiger partial charge in [0.15, 0.2) is 0 Å². The van der Waals surface area contributed by atoms with Crippen LogP contribution in [0.1, 0.15) is 31.0 Å². The molecule has 0 spiro atoms. The van der Waals surface area contributed by atoms with Crippen molar-refractivity contribution in [2.24, 2.45) is 0 Å². The molecule has 0 saturated carbocycles. The largest absolute Gasteiger partial charge is 0.463 e. The van der Waals surface area contributed by atoms with Crippen LogP contribution in [-0.4, -0.2) is 29.4 Å². The standard InChI is InChI=1S/C22H24N2O3S/c1-4-27-21(25)19-16(3)23-22(26)24(20(19)17-8-6-5-7-9-17)14-28-18-12-10-15(2)11-13-18/h5-13,20H,4,14H2,1-3H3,(H,23,26). The van der Waals surface area contributed by atoms with Crippen LogP contribution in [0.2, 0.25) is 0 Å². The third kappa shape index (κ3) is 4.39. The molecule has 1 atom stereocenters. The van der Waals surface area contributed by atoms with E-state index in [2.05, 4.69) is 5.32 Å². The number of ether oxygens (including phenoxy) is 1. The monoisotopic (exact) mass is 396 g/mol. The lowest BCUT2D eigenvalue weighted by atomic mass is 9.94. The van der Waals surface area contributed by atoms with Gasteiger partial charge < -0.3 is 15.0 Å². The van der Waals surface area contributed by atoms with Crippen LogP contribution in [0.3, 0.4) is 0 Å². The highest BCUT2D eigenvalue weighted by molar-refractivity contribution is 7.99. The molecule has 1 heterocycles. The molecule has 28 heavy (non-hydrogen) atoms. The average Bonchev–Trinajstić information content (AvgIpc) is 2.69. The molecule has 1 unspecified atom stereocenters. The number of carbonyl (C=O) groups is 2. The summed E-state index contributed by atoms with van der Waals surface area (Å²) in [6, 6.07) is 17.0. The normalized spacial score (nSPS) is 16.8. The van der Waals surface area contributed by atoms with Gasteiger partial charge in [0.25, 0.3) is 0 Å². The summed E-state index contributed by atoms with van der Waals surface area (Å²) in [6.07, 6.45) is 0. The molecule has 0 aliphatic carbocycles. The SMILES string of the molecule is CCOC(=O)C1=C(C)NC(=O)N(CSc2ccc(C)cc2)C1c1ccccc1. The molecule has 0 radical (unpaired) electrons. The highest BCUT2D eigenvalue weighted by Crippen LogP contribution is 2.36. The Balaban J connectivity index is 1.95. The number of aryl methyl sites for hydroxylation is 1. The highest BCUT2D eigenvalue weighted by Gasteiger charge is 2.38. The summed E-state index contributed by atoms with van der Waals surface area (Å²) in [7, 11) is 0. The van der Waals surface area contributed by atoms with Crippen LogP contribution in [0.15, 0.2) is 70.8 Å². The van der Waals surface area contributed by atoms with E-state index in [-0.39, 0.29) is 12.6 Å². The van der Waals surface area contributed by atoms with E-state index in [1.807, 2.05) is 61.5 Å². The number of nitrogens with zero attached hydrogens (tertiary/aromatic N) is 1. The molecule has 0 bridgehead atoms. The van der Waals surface area contributed by atoms with Crippen molar-refractivity contribution in [1.29, 1.82) is 0 Å². The fraction of sp³-hybridized carbons (Fsp3) is 0.273. The van der Waals surface area contributed by atoms with Crippen molar-refractivity contribution in [2.75, 3.05) is 12.5 Å². The smallest absolute Gasteiger partial charge is 0.338 e. The molecule has 0 saturated heterocycles. The van der Waals surface area contributed by atoms with Crippen molar-refractivity contribution in [1.82, 2.24) is 10.2 Å². The van der Waals surface area contributed by atoms with Crippen LogP contribution < -0.4 is 5.32 Å². The maximum absolute atomic E-state index is 12.8. The van der Waals surface area contributed by atoms with Crippen molar-refractivity contribution in [2.45, 2.75) is 31.7 Å². The van der Waals surface area contributed by atoms with E-state index in [0.29, 0.717) is 17.1 Å². The molecule has 146 valence electrons. The number of amides is 2. The molecule has 0 fully saturated rings. The lowest BCUT2D eigenvalue weighted by Gasteiger charge is -2.37. The Bertz CT molecular complexity index is 878. The number of nitrogens with one attached hydrogen (secondary N) is 1. The van der Waals surface area contributed by atoms with Gasteiger partial charge in [-0.15, -0.1) is 11.8 Å². The second-order valence-corrected chi connectivity index (χ2v) is 7.58. The first-order valence-corrected chi connectivity index (χ1v) is 10.2. The van der Waals surface area contributed by atoms with Crippen molar-refractivity contribution in [3.05, 3.63) is 77.0 Å². The van der Waals surface area contributed by atoms with Crippen molar-refractivity contribution in [3.8, 4) is 0 Å². The Morgan fingerprint density at radius 1 is 1.11 bits per heavy atom. The van der Waals surface area contributed by atoms with Crippen molar-refractivity contribution < 1.29 is 14.3 Å². The zero-order valence-electron chi connectivity index (χ0n) is 16.3. The van der Waals surface area contributed by atoms with Gasteiger partial charge in [-0.25, -0.2) is 9.59 Å². The van der Waals surface area contributed by atoms with Crippen LogP contribution >= 0.6 is 11.8 Å². The molecule has 3 rings (SSSR count). The van der Waals surface area contributed by atoms with Gasteiger partial charge >= 0.3 is 12.0 Å². The first kappa shape index (κ1) is 20.0. The molecule has 2 aromatic carbocycles. The Morgan fingerprint density at radius 2 is 1.79 bits per heavy atom. The summed E-state index contributed by atoms with van der Waals surface area (Å²) in [4.78, 5) is 28.2. The third-order valence-electron chi connectivity index (χ3n) is 4.55. The molecule has 5 nitrogen and oxygen atoms in total. The van der Waals surface area contributed by atoms with Crippen LogP contribution in [0, 0.1) is 6.92 Å². The lowest BCUT2D eigenvalue weighted by molar-refractivity contribution is -0.139. The van der Waals surface area contributed by atoms with E-state index in [0.717, 1.165) is 10.5 Å². The van der Waals surface area contributed by atoms with Gasteiger partial charge in [0, 0.05) is 10.6 Å². The number of benzene rings is 2. The minimum absolute atomic E-state index is 0.223. The third-order valence-corrected chi connectivity index (χ3v) is 5.56. The second kappa shape index (κ2) is 8.97. The maximum Gasteiger partial charge on any atom is 0.338 e. The Morgan fingerprint density at radius 3 is 2.43 bits per heavy atom.